The molecule has 2 N–H and O–H groups in total. The summed E-state index contributed by atoms with van der Waals surface area (Å²) in [6.07, 6.45) is 1.90. The molecule has 0 saturated carbocycles. The van der Waals surface area contributed by atoms with E-state index in [4.69, 9.17) is 5.11 Å². The summed E-state index contributed by atoms with van der Waals surface area (Å²) < 4.78 is 0. The average molecular weight is 354 g/mol. The van der Waals surface area contributed by atoms with Gasteiger partial charge >= 0.3 is 5.97 Å². The fourth-order valence-electron chi connectivity index (χ4n) is 2.74. The molecule has 0 radical (unpaired) electrons. The van der Waals surface area contributed by atoms with Crippen molar-refractivity contribution < 1.29 is 14.7 Å². The van der Waals surface area contributed by atoms with Crippen molar-refractivity contribution in [1.29, 1.82) is 0 Å². The number of amides is 1. The van der Waals surface area contributed by atoms with Crippen LogP contribution in [0.3, 0.4) is 0 Å². The highest BCUT2D eigenvalue weighted by Crippen LogP contribution is 2.14. The summed E-state index contributed by atoms with van der Waals surface area (Å²) in [4.78, 5) is 25.3. The Hall–Kier alpha value is -2.82. The van der Waals surface area contributed by atoms with E-state index in [0.29, 0.717) is 12.1 Å². The number of carbonyl (C=O) groups excluding carboxylic acids is 1. The van der Waals surface area contributed by atoms with E-state index in [2.05, 4.69) is 19.2 Å². The number of benzene rings is 2. The van der Waals surface area contributed by atoms with Gasteiger partial charge in [0.25, 0.3) is 5.91 Å². The first-order chi connectivity index (χ1) is 12.5. The van der Waals surface area contributed by atoms with Crippen molar-refractivity contribution in [3.63, 3.8) is 0 Å². The number of carboxylic acid groups (broad SMARTS) is 1. The molecule has 0 saturated heterocycles. The first kappa shape index (κ1) is 19.5. The minimum absolute atomic E-state index is 0.0736. The maximum Gasteiger partial charge on any atom is 0.335 e. The van der Waals surface area contributed by atoms with E-state index >= 15 is 0 Å². The summed E-state index contributed by atoms with van der Waals surface area (Å²) in [5, 5.41) is 12.2. The van der Waals surface area contributed by atoms with Crippen LogP contribution in [0.4, 0.5) is 5.69 Å². The Morgan fingerprint density at radius 3 is 1.92 bits per heavy atom. The summed E-state index contributed by atoms with van der Waals surface area (Å²) in [7, 11) is 0. The number of carboxylic acids is 1. The average Bonchev–Trinajstić information content (AvgIpc) is 2.66. The highest BCUT2D eigenvalue weighted by atomic mass is 16.4. The third-order valence-corrected chi connectivity index (χ3v) is 4.10. The summed E-state index contributed by atoms with van der Waals surface area (Å²) in [6, 6.07) is 14.3. The minimum atomic E-state index is -0.926. The van der Waals surface area contributed by atoms with Gasteiger partial charge < -0.3 is 15.3 Å². The summed E-state index contributed by atoms with van der Waals surface area (Å²) in [6.45, 7) is 6.29. The van der Waals surface area contributed by atoms with Gasteiger partial charge in [-0.3, -0.25) is 4.79 Å². The lowest BCUT2D eigenvalue weighted by Gasteiger charge is -2.21. The van der Waals surface area contributed by atoms with E-state index in [-0.39, 0.29) is 11.5 Å². The van der Waals surface area contributed by atoms with Crippen molar-refractivity contribution in [3.8, 4) is 0 Å². The maximum atomic E-state index is 12.6. The minimum Gasteiger partial charge on any atom is -0.478 e. The third-order valence-electron chi connectivity index (χ3n) is 4.10. The molecule has 26 heavy (non-hydrogen) atoms. The van der Waals surface area contributed by atoms with Crippen LogP contribution in [0.1, 0.15) is 53.0 Å². The van der Waals surface area contributed by atoms with Crippen LogP contribution < -0.4 is 5.32 Å². The van der Waals surface area contributed by atoms with E-state index in [1.165, 1.54) is 0 Å². The molecule has 0 bridgehead atoms. The maximum absolute atomic E-state index is 12.6. The van der Waals surface area contributed by atoms with Crippen molar-refractivity contribution in [2.45, 2.75) is 33.2 Å². The predicted molar refractivity (Wildman–Crippen MR) is 104 cm³/mol. The molecule has 138 valence electrons. The first-order valence-corrected chi connectivity index (χ1v) is 9.00. The zero-order valence-corrected chi connectivity index (χ0v) is 15.4. The Morgan fingerprint density at radius 2 is 1.42 bits per heavy atom. The highest BCUT2D eigenvalue weighted by molar-refractivity contribution is 5.94. The van der Waals surface area contributed by atoms with Crippen LogP contribution in [0.15, 0.2) is 48.5 Å². The van der Waals surface area contributed by atoms with Gasteiger partial charge in [-0.15, -0.1) is 0 Å². The Balaban J connectivity index is 1.96. The van der Waals surface area contributed by atoms with Crippen molar-refractivity contribution >= 4 is 17.6 Å². The highest BCUT2D eigenvalue weighted by Gasteiger charge is 2.13. The number of rotatable bonds is 9. The fraction of sp³-hybridized carbons (Fsp3) is 0.333. The second-order valence-electron chi connectivity index (χ2n) is 6.23. The quantitative estimate of drug-likeness (QED) is 0.706. The lowest BCUT2D eigenvalue weighted by molar-refractivity contribution is 0.0695. The Morgan fingerprint density at radius 1 is 0.885 bits per heavy atom. The Bertz CT molecular complexity index is 718. The van der Waals surface area contributed by atoms with Crippen LogP contribution >= 0.6 is 0 Å². The van der Waals surface area contributed by atoms with Gasteiger partial charge in [-0.25, -0.2) is 4.79 Å². The molecule has 0 spiro atoms. The van der Waals surface area contributed by atoms with Gasteiger partial charge in [-0.1, -0.05) is 26.0 Å². The molecule has 0 fully saturated rings. The van der Waals surface area contributed by atoms with E-state index in [9.17, 15) is 9.59 Å². The molecule has 0 aromatic heterocycles. The van der Waals surface area contributed by atoms with E-state index in [1.54, 1.807) is 24.3 Å². The first-order valence-electron chi connectivity index (χ1n) is 9.00. The number of aromatic carboxylic acids is 1. The second kappa shape index (κ2) is 9.61. The number of carbonyl (C=O) groups is 2. The SMILES string of the molecule is CCCN(CCC)C(=O)c1ccc(NCc2ccc(C(=O)O)cc2)cc1. The van der Waals surface area contributed by atoms with Crippen LogP contribution in [-0.4, -0.2) is 35.0 Å². The lowest BCUT2D eigenvalue weighted by Crippen LogP contribution is -2.32. The van der Waals surface area contributed by atoms with Crippen molar-refractivity contribution in [2.24, 2.45) is 0 Å². The van der Waals surface area contributed by atoms with Gasteiger partial charge in [0, 0.05) is 30.9 Å². The van der Waals surface area contributed by atoms with Gasteiger partial charge in [0.2, 0.25) is 0 Å². The van der Waals surface area contributed by atoms with Crippen LogP contribution in [0, 0.1) is 0 Å². The van der Waals surface area contributed by atoms with Crippen molar-refractivity contribution in [2.75, 3.05) is 18.4 Å². The fourth-order valence-corrected chi connectivity index (χ4v) is 2.74. The largest absolute Gasteiger partial charge is 0.478 e. The normalized spacial score (nSPS) is 10.4. The lowest BCUT2D eigenvalue weighted by atomic mass is 10.1. The number of anilines is 1. The zero-order valence-electron chi connectivity index (χ0n) is 15.4. The molecule has 5 nitrogen and oxygen atoms in total. The molecule has 0 heterocycles. The molecule has 2 aromatic rings. The standard InChI is InChI=1S/C21H26N2O3/c1-3-13-23(14-4-2)20(24)17-9-11-19(12-10-17)22-15-16-5-7-18(8-6-16)21(25)26/h5-12,22H,3-4,13-15H2,1-2H3,(H,25,26). The molecular weight excluding hydrogens is 328 g/mol. The van der Waals surface area contributed by atoms with Gasteiger partial charge in [0.05, 0.1) is 5.56 Å². The molecule has 5 heteroatoms. The van der Waals surface area contributed by atoms with Gasteiger partial charge in [-0.2, -0.15) is 0 Å². The molecule has 0 aliphatic heterocycles. The van der Waals surface area contributed by atoms with Crippen LogP contribution in [0.5, 0.6) is 0 Å². The molecular formula is C21H26N2O3. The van der Waals surface area contributed by atoms with Gasteiger partial charge in [0.15, 0.2) is 0 Å². The zero-order chi connectivity index (χ0) is 18.9. The van der Waals surface area contributed by atoms with E-state index < -0.39 is 5.97 Å². The van der Waals surface area contributed by atoms with Crippen LogP contribution in [0.25, 0.3) is 0 Å². The predicted octanol–water partition coefficient (Wildman–Crippen LogP) is 4.26. The smallest absolute Gasteiger partial charge is 0.335 e. The van der Waals surface area contributed by atoms with Crippen LogP contribution in [0.2, 0.25) is 0 Å². The third kappa shape index (κ3) is 5.34. The Labute approximate surface area is 154 Å². The summed E-state index contributed by atoms with van der Waals surface area (Å²) in [5.41, 5.74) is 2.89. The molecule has 0 aliphatic rings. The van der Waals surface area contributed by atoms with Crippen molar-refractivity contribution in [1.82, 2.24) is 4.90 Å². The number of nitrogens with zero attached hydrogens (tertiary/aromatic N) is 1. The topological polar surface area (TPSA) is 69.6 Å². The van der Waals surface area contributed by atoms with Gasteiger partial charge in [-0.05, 0) is 54.8 Å². The van der Waals surface area contributed by atoms with E-state index in [0.717, 1.165) is 37.2 Å². The molecule has 0 atom stereocenters. The van der Waals surface area contributed by atoms with Gasteiger partial charge in [0.1, 0.15) is 0 Å². The van der Waals surface area contributed by atoms with Crippen molar-refractivity contribution in [3.05, 3.63) is 65.2 Å². The molecule has 0 unspecified atom stereocenters. The summed E-state index contributed by atoms with van der Waals surface area (Å²) >= 11 is 0. The van der Waals surface area contributed by atoms with E-state index in [1.807, 2.05) is 29.2 Å². The number of hydrogen-bond acceptors (Lipinski definition) is 3. The number of nitrogens with one attached hydrogen (secondary N) is 1. The molecule has 2 rings (SSSR count). The number of hydrogen-bond donors (Lipinski definition) is 2. The second-order valence-corrected chi connectivity index (χ2v) is 6.23. The van der Waals surface area contributed by atoms with Crippen LogP contribution in [-0.2, 0) is 6.54 Å². The molecule has 1 amide bonds. The Kier molecular flexibility index (Phi) is 7.21. The monoisotopic (exact) mass is 354 g/mol. The summed E-state index contributed by atoms with van der Waals surface area (Å²) in [5.74, 6) is -0.852. The molecule has 2 aromatic carbocycles. The molecule has 0 aliphatic carbocycles.